The van der Waals surface area contributed by atoms with E-state index in [1.165, 1.54) is 5.56 Å². The number of ether oxygens (including phenoxy) is 1. The van der Waals surface area contributed by atoms with E-state index < -0.39 is 5.60 Å². The Labute approximate surface area is 202 Å². The molecule has 1 saturated heterocycles. The number of aromatic nitrogens is 3. The summed E-state index contributed by atoms with van der Waals surface area (Å²) in [5.41, 5.74) is 1.71. The number of nitrogens with zero attached hydrogens (tertiary/aromatic N) is 5. The highest BCUT2D eigenvalue weighted by Gasteiger charge is 2.28. The SMILES string of the molecule is CCCNc1ncc2c(CN3CCN(C(=O)OC(C)(C)C)CC3)cn([C@H]3CC[C@H](O)CC3)c2n1. The van der Waals surface area contributed by atoms with Gasteiger partial charge in [0.25, 0.3) is 0 Å². The third-order valence-corrected chi connectivity index (χ3v) is 6.66. The molecule has 0 bridgehead atoms. The zero-order valence-corrected chi connectivity index (χ0v) is 21.1. The molecule has 2 aromatic heterocycles. The van der Waals surface area contributed by atoms with Crippen LogP contribution in [-0.2, 0) is 11.3 Å². The molecule has 2 N–H and O–H groups in total. The first kappa shape index (κ1) is 24.7. The summed E-state index contributed by atoms with van der Waals surface area (Å²) in [6.07, 6.45) is 8.37. The number of anilines is 1. The number of carbonyl (C=O) groups excluding carboxylic acids is 1. The maximum absolute atomic E-state index is 12.4. The Bertz CT molecular complexity index is 969. The van der Waals surface area contributed by atoms with Crippen molar-refractivity contribution in [2.75, 3.05) is 38.0 Å². The van der Waals surface area contributed by atoms with Gasteiger partial charge in [-0.15, -0.1) is 0 Å². The standard InChI is InChI=1S/C25H40N6O3/c1-5-10-26-23-27-15-21-18(17-31(22(21)28-23)19-6-8-20(32)9-7-19)16-29-11-13-30(14-12-29)24(33)34-25(2,3)4/h15,17,19-20,32H,5-14,16H2,1-4H3,(H,26,27,28)/t19-,20-. The van der Waals surface area contributed by atoms with Crippen molar-refractivity contribution < 1.29 is 14.6 Å². The van der Waals surface area contributed by atoms with E-state index in [0.717, 1.165) is 69.3 Å². The van der Waals surface area contributed by atoms with Gasteiger partial charge in [0.2, 0.25) is 5.95 Å². The van der Waals surface area contributed by atoms with Crippen LogP contribution < -0.4 is 5.32 Å². The lowest BCUT2D eigenvalue weighted by atomic mass is 9.93. The van der Waals surface area contributed by atoms with Crippen LogP contribution in [0.1, 0.15) is 71.4 Å². The smallest absolute Gasteiger partial charge is 0.410 e. The number of nitrogens with one attached hydrogen (secondary N) is 1. The normalized spacial score (nSPS) is 22.2. The highest BCUT2D eigenvalue weighted by Crippen LogP contribution is 2.33. The van der Waals surface area contributed by atoms with Crippen LogP contribution in [0.3, 0.4) is 0 Å². The average Bonchev–Trinajstić information content (AvgIpc) is 3.15. The van der Waals surface area contributed by atoms with Gasteiger partial charge in [-0.1, -0.05) is 6.92 Å². The molecule has 2 fully saturated rings. The minimum Gasteiger partial charge on any atom is -0.444 e. The summed E-state index contributed by atoms with van der Waals surface area (Å²) >= 11 is 0. The molecule has 0 radical (unpaired) electrons. The summed E-state index contributed by atoms with van der Waals surface area (Å²) < 4.78 is 7.84. The summed E-state index contributed by atoms with van der Waals surface area (Å²) in [6, 6.07) is 0.345. The molecule has 1 saturated carbocycles. The van der Waals surface area contributed by atoms with E-state index in [9.17, 15) is 9.90 Å². The first-order chi connectivity index (χ1) is 16.2. The van der Waals surface area contributed by atoms with Crippen molar-refractivity contribution in [3.8, 4) is 0 Å². The maximum atomic E-state index is 12.4. The first-order valence-corrected chi connectivity index (χ1v) is 12.7. The Balaban J connectivity index is 1.49. The lowest BCUT2D eigenvalue weighted by molar-refractivity contribution is 0.0139. The summed E-state index contributed by atoms with van der Waals surface area (Å²) in [5, 5.41) is 14.4. The zero-order valence-electron chi connectivity index (χ0n) is 21.1. The van der Waals surface area contributed by atoms with Crippen LogP contribution in [-0.4, -0.2) is 80.0 Å². The molecular weight excluding hydrogens is 432 g/mol. The van der Waals surface area contributed by atoms with Gasteiger partial charge in [0.05, 0.1) is 6.10 Å². The molecule has 0 atom stereocenters. The third kappa shape index (κ3) is 5.99. The molecule has 9 heteroatoms. The van der Waals surface area contributed by atoms with Crippen molar-refractivity contribution >= 4 is 23.1 Å². The lowest BCUT2D eigenvalue weighted by Gasteiger charge is -2.35. The van der Waals surface area contributed by atoms with Gasteiger partial charge < -0.3 is 24.6 Å². The predicted molar refractivity (Wildman–Crippen MR) is 133 cm³/mol. The van der Waals surface area contributed by atoms with E-state index >= 15 is 0 Å². The predicted octanol–water partition coefficient (Wildman–Crippen LogP) is 3.78. The van der Waals surface area contributed by atoms with E-state index in [0.29, 0.717) is 25.1 Å². The van der Waals surface area contributed by atoms with Gasteiger partial charge in [-0.05, 0) is 58.4 Å². The highest BCUT2D eigenvalue weighted by molar-refractivity contribution is 5.81. The molecule has 1 aliphatic heterocycles. The molecule has 2 aliphatic rings. The van der Waals surface area contributed by atoms with Gasteiger partial charge >= 0.3 is 6.09 Å². The minimum absolute atomic E-state index is 0.185. The Hall–Kier alpha value is -2.39. The second-order valence-electron chi connectivity index (χ2n) is 10.6. The summed E-state index contributed by atoms with van der Waals surface area (Å²) in [7, 11) is 0. The van der Waals surface area contributed by atoms with Crippen LogP contribution in [0.25, 0.3) is 11.0 Å². The number of aliphatic hydroxyl groups excluding tert-OH is 1. The van der Waals surface area contributed by atoms with E-state index in [1.54, 1.807) is 4.90 Å². The number of hydrogen-bond acceptors (Lipinski definition) is 7. The summed E-state index contributed by atoms with van der Waals surface area (Å²) in [6.45, 7) is 12.4. The highest BCUT2D eigenvalue weighted by atomic mass is 16.6. The third-order valence-electron chi connectivity index (χ3n) is 6.66. The van der Waals surface area contributed by atoms with Crippen molar-refractivity contribution in [3.63, 3.8) is 0 Å². The Morgan fingerprint density at radius 3 is 2.53 bits per heavy atom. The van der Waals surface area contributed by atoms with Gasteiger partial charge in [0.1, 0.15) is 11.2 Å². The van der Waals surface area contributed by atoms with E-state index in [1.807, 2.05) is 27.0 Å². The van der Waals surface area contributed by atoms with Crippen molar-refractivity contribution in [1.82, 2.24) is 24.3 Å². The van der Waals surface area contributed by atoms with Crippen LogP contribution in [0.5, 0.6) is 0 Å². The topological polar surface area (TPSA) is 95.8 Å². The van der Waals surface area contributed by atoms with Gasteiger partial charge in [-0.2, -0.15) is 4.98 Å². The molecule has 0 spiro atoms. The fourth-order valence-electron chi connectivity index (χ4n) is 4.81. The van der Waals surface area contributed by atoms with Gasteiger partial charge in [-0.25, -0.2) is 9.78 Å². The number of hydrogen-bond donors (Lipinski definition) is 2. The van der Waals surface area contributed by atoms with Gasteiger partial charge in [-0.3, -0.25) is 4.90 Å². The molecular formula is C25H40N6O3. The number of carbonyl (C=O) groups is 1. The molecule has 34 heavy (non-hydrogen) atoms. The number of amides is 1. The number of rotatable bonds is 6. The van der Waals surface area contributed by atoms with Crippen LogP contribution in [0.2, 0.25) is 0 Å². The van der Waals surface area contributed by atoms with Crippen LogP contribution in [0, 0.1) is 0 Å². The summed E-state index contributed by atoms with van der Waals surface area (Å²) in [4.78, 5) is 26.0. The largest absolute Gasteiger partial charge is 0.444 e. The van der Waals surface area contributed by atoms with Gasteiger partial charge in [0.15, 0.2) is 0 Å². The zero-order chi connectivity index (χ0) is 24.3. The van der Waals surface area contributed by atoms with Crippen LogP contribution in [0.4, 0.5) is 10.7 Å². The summed E-state index contributed by atoms with van der Waals surface area (Å²) in [5.74, 6) is 0.669. The van der Waals surface area contributed by atoms with E-state index in [-0.39, 0.29) is 12.2 Å². The van der Waals surface area contributed by atoms with Gasteiger partial charge in [0, 0.05) is 63.1 Å². The Morgan fingerprint density at radius 1 is 1.18 bits per heavy atom. The molecule has 0 aromatic carbocycles. The van der Waals surface area contributed by atoms with Crippen molar-refractivity contribution in [1.29, 1.82) is 0 Å². The number of aliphatic hydroxyl groups is 1. The lowest BCUT2D eigenvalue weighted by Crippen LogP contribution is -2.49. The molecule has 188 valence electrons. The molecule has 9 nitrogen and oxygen atoms in total. The van der Waals surface area contributed by atoms with E-state index in [4.69, 9.17) is 9.72 Å². The van der Waals surface area contributed by atoms with Crippen molar-refractivity contribution in [3.05, 3.63) is 18.0 Å². The fraction of sp³-hybridized carbons (Fsp3) is 0.720. The number of fused-ring (bicyclic) bond motifs is 1. The number of piperazine rings is 1. The molecule has 3 heterocycles. The molecule has 2 aromatic rings. The van der Waals surface area contributed by atoms with Crippen LogP contribution in [0.15, 0.2) is 12.4 Å². The quantitative estimate of drug-likeness (QED) is 0.660. The van der Waals surface area contributed by atoms with Crippen molar-refractivity contribution in [2.45, 2.75) is 84.1 Å². The fourth-order valence-corrected chi connectivity index (χ4v) is 4.81. The Morgan fingerprint density at radius 2 is 1.88 bits per heavy atom. The molecule has 1 amide bonds. The van der Waals surface area contributed by atoms with Crippen LogP contribution >= 0.6 is 0 Å². The monoisotopic (exact) mass is 472 g/mol. The average molecular weight is 473 g/mol. The minimum atomic E-state index is -0.476. The Kier molecular flexibility index (Phi) is 7.62. The molecule has 1 aliphatic carbocycles. The molecule has 0 unspecified atom stereocenters. The van der Waals surface area contributed by atoms with E-state index in [2.05, 4.69) is 32.9 Å². The molecule has 4 rings (SSSR count). The first-order valence-electron chi connectivity index (χ1n) is 12.7. The second kappa shape index (κ2) is 10.5. The maximum Gasteiger partial charge on any atom is 0.410 e. The van der Waals surface area contributed by atoms with Crippen molar-refractivity contribution in [2.24, 2.45) is 0 Å². The second-order valence-corrected chi connectivity index (χ2v) is 10.6.